The number of rotatable bonds is 1. The van der Waals surface area contributed by atoms with E-state index in [4.69, 9.17) is 9.26 Å². The Bertz CT molecular complexity index is 935. The number of benzene rings is 1. The van der Waals surface area contributed by atoms with Crippen molar-refractivity contribution in [1.29, 1.82) is 0 Å². The summed E-state index contributed by atoms with van der Waals surface area (Å²) in [5.41, 5.74) is 1.77. The Morgan fingerprint density at radius 3 is 2.77 bits per heavy atom. The van der Waals surface area contributed by atoms with Crippen LogP contribution in [-0.2, 0) is 11.2 Å². The lowest BCUT2D eigenvalue weighted by atomic mass is 9.74. The highest BCUT2D eigenvalue weighted by Crippen LogP contribution is 2.37. The first-order valence-electron chi connectivity index (χ1n) is 11.2. The van der Waals surface area contributed by atoms with Crippen LogP contribution in [0.3, 0.4) is 0 Å². The molecule has 4 rings (SSSR count). The maximum Gasteiger partial charge on any atom is 0.259 e. The first-order chi connectivity index (χ1) is 15.0. The van der Waals surface area contributed by atoms with E-state index in [1.54, 1.807) is 13.8 Å². The van der Waals surface area contributed by atoms with E-state index in [1.165, 1.54) is 5.56 Å². The third-order valence-electron chi connectivity index (χ3n) is 6.56. The molecule has 0 saturated carbocycles. The number of nitrogens with zero attached hydrogens (tertiary/aromatic N) is 2. The Morgan fingerprint density at radius 1 is 1.16 bits per heavy atom. The highest BCUT2D eigenvalue weighted by atomic mass is 16.5. The molecule has 1 unspecified atom stereocenters. The van der Waals surface area contributed by atoms with Crippen molar-refractivity contribution in [3.63, 3.8) is 0 Å². The van der Waals surface area contributed by atoms with Crippen molar-refractivity contribution in [2.24, 2.45) is 5.41 Å². The fourth-order valence-electron chi connectivity index (χ4n) is 4.90. The second-order valence-electron chi connectivity index (χ2n) is 8.73. The van der Waals surface area contributed by atoms with Gasteiger partial charge in [0.1, 0.15) is 23.7 Å². The van der Waals surface area contributed by atoms with Crippen LogP contribution in [-0.4, -0.2) is 48.1 Å². The van der Waals surface area contributed by atoms with Crippen LogP contribution in [0.4, 0.5) is 0 Å². The monoisotopic (exact) mass is 425 g/mol. The number of likely N-dealkylation sites (tertiary alicyclic amines) is 1. The molecule has 2 aromatic rings. The zero-order valence-electron chi connectivity index (χ0n) is 18.4. The number of nitrogens with one attached hydrogen (secondary N) is 1. The second-order valence-corrected chi connectivity index (χ2v) is 8.73. The van der Waals surface area contributed by atoms with Gasteiger partial charge in [-0.1, -0.05) is 29.8 Å². The number of amides is 2. The van der Waals surface area contributed by atoms with Crippen molar-refractivity contribution in [3.8, 4) is 5.75 Å². The molecule has 1 atom stereocenters. The molecule has 1 saturated heterocycles. The van der Waals surface area contributed by atoms with Crippen molar-refractivity contribution >= 4 is 11.8 Å². The van der Waals surface area contributed by atoms with E-state index in [2.05, 4.69) is 16.5 Å². The average Bonchev–Trinajstić information content (AvgIpc) is 3.11. The third kappa shape index (κ3) is 4.45. The number of piperidine rings is 1. The van der Waals surface area contributed by atoms with E-state index in [-0.39, 0.29) is 11.8 Å². The Hall–Kier alpha value is -2.83. The zero-order chi connectivity index (χ0) is 21.8. The van der Waals surface area contributed by atoms with Gasteiger partial charge in [-0.05, 0) is 57.6 Å². The Balaban J connectivity index is 1.52. The van der Waals surface area contributed by atoms with Crippen molar-refractivity contribution in [1.82, 2.24) is 15.4 Å². The molecule has 2 amide bonds. The van der Waals surface area contributed by atoms with Crippen LogP contribution >= 0.6 is 0 Å². The van der Waals surface area contributed by atoms with Gasteiger partial charge in [0.2, 0.25) is 5.91 Å². The van der Waals surface area contributed by atoms with Gasteiger partial charge in [-0.25, -0.2) is 0 Å². The van der Waals surface area contributed by atoms with E-state index in [0.29, 0.717) is 43.3 Å². The fraction of sp³-hybridized carbons (Fsp3) is 0.542. The summed E-state index contributed by atoms with van der Waals surface area (Å²) in [5.74, 6) is 1.37. The Labute approximate surface area is 183 Å². The molecule has 1 fully saturated rings. The molecule has 1 spiro atoms. The molecule has 2 aliphatic rings. The van der Waals surface area contributed by atoms with Crippen molar-refractivity contribution in [2.45, 2.75) is 52.4 Å². The van der Waals surface area contributed by atoms with Gasteiger partial charge in [0.05, 0.1) is 17.7 Å². The van der Waals surface area contributed by atoms with Crippen molar-refractivity contribution < 1.29 is 18.8 Å². The summed E-state index contributed by atoms with van der Waals surface area (Å²) in [7, 11) is 0. The first-order valence-corrected chi connectivity index (χ1v) is 11.2. The predicted molar refractivity (Wildman–Crippen MR) is 116 cm³/mol. The number of carbonyl (C=O) groups is 2. The molecule has 3 heterocycles. The fourth-order valence-corrected chi connectivity index (χ4v) is 4.90. The van der Waals surface area contributed by atoms with E-state index >= 15 is 0 Å². The predicted octanol–water partition coefficient (Wildman–Crippen LogP) is 3.44. The van der Waals surface area contributed by atoms with Crippen LogP contribution in [0.15, 0.2) is 28.8 Å². The highest BCUT2D eigenvalue weighted by Gasteiger charge is 2.43. The number of para-hydroxylation sites is 1. The molecule has 166 valence electrons. The van der Waals surface area contributed by atoms with Crippen molar-refractivity contribution in [3.05, 3.63) is 46.8 Å². The van der Waals surface area contributed by atoms with Crippen LogP contribution < -0.4 is 10.1 Å². The first kappa shape index (κ1) is 21.4. The van der Waals surface area contributed by atoms with Crippen LogP contribution in [0.2, 0.25) is 0 Å². The standard InChI is InChI=1S/C24H31N3O4/c1-17-21(18(2)31-26-17)22(28)27-14-7-12-24(16-27)11-6-5-9-19-8-3-4-10-20(19)30-15-13-25-23(24)29/h3-4,8,10H,5-7,9,11-16H2,1-2H3,(H,25,29). The quantitative estimate of drug-likeness (QED) is 0.757. The Kier molecular flexibility index (Phi) is 6.30. The zero-order valence-corrected chi connectivity index (χ0v) is 18.4. The molecular weight excluding hydrogens is 394 g/mol. The SMILES string of the molecule is Cc1noc(C)c1C(=O)N1CCCC2(CCCCc3ccccc3OCCNC2=O)C1. The summed E-state index contributed by atoms with van der Waals surface area (Å²) in [4.78, 5) is 28.3. The molecule has 1 N–H and O–H groups in total. The van der Waals surface area contributed by atoms with E-state index < -0.39 is 5.41 Å². The minimum absolute atomic E-state index is 0.0289. The maximum atomic E-state index is 13.3. The van der Waals surface area contributed by atoms with E-state index in [0.717, 1.165) is 44.3 Å². The molecule has 2 aliphatic heterocycles. The van der Waals surface area contributed by atoms with Gasteiger partial charge >= 0.3 is 0 Å². The summed E-state index contributed by atoms with van der Waals surface area (Å²) < 4.78 is 11.1. The summed E-state index contributed by atoms with van der Waals surface area (Å²) in [6.45, 7) is 5.50. The molecule has 0 bridgehead atoms. The van der Waals surface area contributed by atoms with E-state index in [1.807, 2.05) is 23.1 Å². The lowest BCUT2D eigenvalue weighted by molar-refractivity contribution is -0.134. The highest BCUT2D eigenvalue weighted by molar-refractivity contribution is 5.96. The van der Waals surface area contributed by atoms with E-state index in [9.17, 15) is 9.59 Å². The van der Waals surface area contributed by atoms with Crippen LogP contribution in [0.1, 0.15) is 59.5 Å². The maximum absolute atomic E-state index is 13.3. The summed E-state index contributed by atoms with van der Waals surface area (Å²) in [6, 6.07) is 8.12. The van der Waals surface area contributed by atoms with Gasteiger partial charge in [0.25, 0.3) is 5.91 Å². The number of ether oxygens (including phenoxy) is 1. The molecule has 31 heavy (non-hydrogen) atoms. The lowest BCUT2D eigenvalue weighted by Crippen LogP contribution is -2.54. The van der Waals surface area contributed by atoms with Crippen LogP contribution in [0, 0.1) is 19.3 Å². The topological polar surface area (TPSA) is 84.7 Å². The largest absolute Gasteiger partial charge is 0.491 e. The van der Waals surface area contributed by atoms with Gasteiger partial charge in [0, 0.05) is 13.1 Å². The number of hydrogen-bond donors (Lipinski definition) is 1. The molecule has 0 radical (unpaired) electrons. The average molecular weight is 426 g/mol. The van der Waals surface area contributed by atoms with Gasteiger partial charge in [-0.15, -0.1) is 0 Å². The number of carbonyl (C=O) groups excluding carboxylic acids is 2. The molecule has 7 heteroatoms. The minimum atomic E-state index is -0.564. The molecule has 0 aliphatic carbocycles. The summed E-state index contributed by atoms with van der Waals surface area (Å²) in [6.07, 6.45) is 5.20. The van der Waals surface area contributed by atoms with Gasteiger partial charge in [-0.3, -0.25) is 9.59 Å². The minimum Gasteiger partial charge on any atom is -0.491 e. The molecule has 7 nitrogen and oxygen atoms in total. The Morgan fingerprint density at radius 2 is 1.97 bits per heavy atom. The number of hydrogen-bond acceptors (Lipinski definition) is 5. The van der Waals surface area contributed by atoms with Gasteiger partial charge in [0.15, 0.2) is 0 Å². The molecule has 1 aromatic heterocycles. The number of fused-ring (bicyclic) bond motifs is 1. The number of aromatic nitrogens is 1. The van der Waals surface area contributed by atoms with Gasteiger partial charge < -0.3 is 19.5 Å². The van der Waals surface area contributed by atoms with Gasteiger partial charge in [-0.2, -0.15) is 0 Å². The second kappa shape index (κ2) is 9.12. The van der Waals surface area contributed by atoms with Crippen molar-refractivity contribution in [2.75, 3.05) is 26.2 Å². The van der Waals surface area contributed by atoms with Crippen LogP contribution in [0.5, 0.6) is 5.75 Å². The van der Waals surface area contributed by atoms with Crippen LogP contribution in [0.25, 0.3) is 0 Å². The summed E-state index contributed by atoms with van der Waals surface area (Å²) in [5, 5.41) is 7.00. The molecule has 1 aromatic carbocycles. The smallest absolute Gasteiger partial charge is 0.259 e. The summed E-state index contributed by atoms with van der Waals surface area (Å²) >= 11 is 0. The normalized spacial score (nSPS) is 22.6. The third-order valence-corrected chi connectivity index (χ3v) is 6.56. The number of aryl methyl sites for hydroxylation is 3. The lowest BCUT2D eigenvalue weighted by Gasteiger charge is -2.42. The molecular formula is C24H31N3O4.